The minimum atomic E-state index is 0.0516. The van der Waals surface area contributed by atoms with Gasteiger partial charge in [-0.1, -0.05) is 30.3 Å². The van der Waals surface area contributed by atoms with E-state index >= 15 is 0 Å². The van der Waals surface area contributed by atoms with Crippen molar-refractivity contribution < 1.29 is 0 Å². The van der Waals surface area contributed by atoms with Crippen LogP contribution in [0.3, 0.4) is 0 Å². The summed E-state index contributed by atoms with van der Waals surface area (Å²) in [7, 11) is 0. The van der Waals surface area contributed by atoms with Gasteiger partial charge in [-0.25, -0.2) is 0 Å². The molecule has 2 nitrogen and oxygen atoms in total. The molecular weight excluding hydrogens is 198 g/mol. The lowest BCUT2D eigenvalue weighted by Gasteiger charge is -2.16. The highest BCUT2D eigenvalue weighted by Crippen LogP contribution is 2.20. The molecule has 0 N–H and O–H groups in total. The first kappa shape index (κ1) is 10.7. The topological polar surface area (TPSA) is 22.0 Å². The summed E-state index contributed by atoms with van der Waals surface area (Å²) >= 11 is 0. The summed E-state index contributed by atoms with van der Waals surface area (Å²) in [5, 5.41) is 0. The molecular formula is C14H15NO. The number of hydrogen-bond acceptors (Lipinski definition) is 1. The Morgan fingerprint density at radius 1 is 1.06 bits per heavy atom. The van der Waals surface area contributed by atoms with E-state index in [0.717, 1.165) is 11.3 Å². The van der Waals surface area contributed by atoms with E-state index < -0.39 is 0 Å². The van der Waals surface area contributed by atoms with Crippen LogP contribution in [-0.4, -0.2) is 4.57 Å². The molecule has 0 unspecified atom stereocenters. The Kier molecular flexibility index (Phi) is 2.91. The van der Waals surface area contributed by atoms with Crippen LogP contribution >= 0.6 is 0 Å². The first-order valence-electron chi connectivity index (χ1n) is 5.46. The summed E-state index contributed by atoms with van der Waals surface area (Å²) in [6, 6.07) is 13.6. The molecule has 2 aromatic rings. The van der Waals surface area contributed by atoms with Gasteiger partial charge in [-0.05, 0) is 19.4 Å². The van der Waals surface area contributed by atoms with Crippen LogP contribution in [0.25, 0.3) is 11.3 Å². The standard InChI is InChI=1S/C14H15NO/c1-11(2)15-9-8-13(16)10-14(15)12-6-4-3-5-7-12/h3-11H,1-2H3. The smallest absolute Gasteiger partial charge is 0.182 e. The highest BCUT2D eigenvalue weighted by atomic mass is 16.1. The van der Waals surface area contributed by atoms with Gasteiger partial charge in [-0.3, -0.25) is 4.79 Å². The lowest BCUT2D eigenvalue weighted by atomic mass is 10.1. The second kappa shape index (κ2) is 4.35. The molecule has 2 rings (SSSR count). The van der Waals surface area contributed by atoms with E-state index in [0.29, 0.717) is 6.04 Å². The molecule has 2 heteroatoms. The summed E-state index contributed by atoms with van der Waals surface area (Å²) in [5.41, 5.74) is 2.10. The number of hydrogen-bond donors (Lipinski definition) is 0. The highest BCUT2D eigenvalue weighted by Gasteiger charge is 2.05. The van der Waals surface area contributed by atoms with E-state index in [1.54, 1.807) is 12.1 Å². The average molecular weight is 213 g/mol. The molecule has 0 atom stereocenters. The van der Waals surface area contributed by atoms with Gasteiger partial charge in [0.1, 0.15) is 0 Å². The monoisotopic (exact) mass is 213 g/mol. The number of benzene rings is 1. The quantitative estimate of drug-likeness (QED) is 0.751. The van der Waals surface area contributed by atoms with Gasteiger partial charge in [0.25, 0.3) is 0 Å². The maximum Gasteiger partial charge on any atom is 0.182 e. The third-order valence-corrected chi connectivity index (χ3v) is 2.58. The predicted molar refractivity (Wildman–Crippen MR) is 66.5 cm³/mol. The molecule has 0 saturated heterocycles. The molecule has 0 fully saturated rings. The molecule has 0 spiro atoms. The number of rotatable bonds is 2. The van der Waals surface area contributed by atoms with Crippen LogP contribution < -0.4 is 5.43 Å². The summed E-state index contributed by atoms with van der Waals surface area (Å²) in [4.78, 5) is 11.4. The third kappa shape index (κ3) is 2.06. The molecule has 1 aromatic heterocycles. The Labute approximate surface area is 95.2 Å². The van der Waals surface area contributed by atoms with Crippen LogP contribution in [-0.2, 0) is 0 Å². The van der Waals surface area contributed by atoms with E-state index in [1.807, 2.05) is 36.5 Å². The lowest BCUT2D eigenvalue weighted by Crippen LogP contribution is -2.10. The Morgan fingerprint density at radius 3 is 2.38 bits per heavy atom. The summed E-state index contributed by atoms with van der Waals surface area (Å²) in [6.45, 7) is 4.22. The van der Waals surface area contributed by atoms with Crippen molar-refractivity contribution in [2.75, 3.05) is 0 Å². The fourth-order valence-electron chi connectivity index (χ4n) is 1.78. The molecule has 0 amide bonds. The predicted octanol–water partition coefficient (Wildman–Crippen LogP) is 3.10. The van der Waals surface area contributed by atoms with Crippen molar-refractivity contribution in [2.45, 2.75) is 19.9 Å². The van der Waals surface area contributed by atoms with Crippen LogP contribution in [0.15, 0.2) is 53.5 Å². The minimum Gasteiger partial charge on any atom is -0.345 e. The molecule has 0 aliphatic carbocycles. The molecule has 0 saturated carbocycles. The second-order valence-electron chi connectivity index (χ2n) is 4.11. The van der Waals surface area contributed by atoms with Gasteiger partial charge in [0.05, 0.1) is 5.69 Å². The van der Waals surface area contributed by atoms with Crippen LogP contribution in [0, 0.1) is 0 Å². The first-order chi connectivity index (χ1) is 7.68. The van der Waals surface area contributed by atoms with Gasteiger partial charge in [0, 0.05) is 24.4 Å². The van der Waals surface area contributed by atoms with Crippen molar-refractivity contribution in [1.29, 1.82) is 0 Å². The van der Waals surface area contributed by atoms with Gasteiger partial charge in [0.2, 0.25) is 0 Å². The van der Waals surface area contributed by atoms with Crippen molar-refractivity contribution in [3.63, 3.8) is 0 Å². The summed E-state index contributed by atoms with van der Waals surface area (Å²) < 4.78 is 2.11. The van der Waals surface area contributed by atoms with Gasteiger partial charge in [-0.15, -0.1) is 0 Å². The van der Waals surface area contributed by atoms with Crippen molar-refractivity contribution >= 4 is 0 Å². The largest absolute Gasteiger partial charge is 0.345 e. The Balaban J connectivity index is 2.63. The fraction of sp³-hybridized carbons (Fsp3) is 0.214. The van der Waals surface area contributed by atoms with Crippen LogP contribution in [0.5, 0.6) is 0 Å². The summed E-state index contributed by atoms with van der Waals surface area (Å²) in [5.74, 6) is 0. The molecule has 16 heavy (non-hydrogen) atoms. The molecule has 1 aromatic carbocycles. The molecule has 0 bridgehead atoms. The molecule has 1 heterocycles. The first-order valence-corrected chi connectivity index (χ1v) is 5.46. The third-order valence-electron chi connectivity index (χ3n) is 2.58. The van der Waals surface area contributed by atoms with Crippen LogP contribution in [0.4, 0.5) is 0 Å². The van der Waals surface area contributed by atoms with E-state index in [-0.39, 0.29) is 5.43 Å². The molecule has 0 aliphatic heterocycles. The number of aromatic nitrogens is 1. The zero-order valence-electron chi connectivity index (χ0n) is 9.55. The van der Waals surface area contributed by atoms with Gasteiger partial charge in [0.15, 0.2) is 5.43 Å². The van der Waals surface area contributed by atoms with E-state index in [1.165, 1.54) is 0 Å². The summed E-state index contributed by atoms with van der Waals surface area (Å²) in [6.07, 6.45) is 1.86. The zero-order chi connectivity index (χ0) is 11.5. The zero-order valence-corrected chi connectivity index (χ0v) is 9.55. The normalized spacial score (nSPS) is 10.7. The number of pyridine rings is 1. The van der Waals surface area contributed by atoms with Gasteiger partial charge in [-0.2, -0.15) is 0 Å². The Hall–Kier alpha value is -1.83. The molecule has 0 aliphatic rings. The van der Waals surface area contributed by atoms with Gasteiger partial charge >= 0.3 is 0 Å². The van der Waals surface area contributed by atoms with Crippen molar-refractivity contribution in [3.8, 4) is 11.3 Å². The van der Waals surface area contributed by atoms with E-state index in [4.69, 9.17) is 0 Å². The van der Waals surface area contributed by atoms with E-state index in [2.05, 4.69) is 18.4 Å². The minimum absolute atomic E-state index is 0.0516. The molecule has 0 radical (unpaired) electrons. The lowest BCUT2D eigenvalue weighted by molar-refractivity contribution is 0.602. The SMILES string of the molecule is CC(C)n1ccc(=O)cc1-c1ccccc1. The average Bonchev–Trinajstić information content (AvgIpc) is 2.29. The maximum atomic E-state index is 11.4. The fourth-order valence-corrected chi connectivity index (χ4v) is 1.78. The number of nitrogens with zero attached hydrogens (tertiary/aromatic N) is 1. The second-order valence-corrected chi connectivity index (χ2v) is 4.11. The van der Waals surface area contributed by atoms with Crippen LogP contribution in [0.1, 0.15) is 19.9 Å². The van der Waals surface area contributed by atoms with Crippen molar-refractivity contribution in [3.05, 3.63) is 58.9 Å². The van der Waals surface area contributed by atoms with Crippen molar-refractivity contribution in [2.24, 2.45) is 0 Å². The van der Waals surface area contributed by atoms with Crippen molar-refractivity contribution in [1.82, 2.24) is 4.57 Å². The Bertz CT molecular complexity index is 526. The highest BCUT2D eigenvalue weighted by molar-refractivity contribution is 5.59. The van der Waals surface area contributed by atoms with E-state index in [9.17, 15) is 4.79 Å². The van der Waals surface area contributed by atoms with Crippen LogP contribution in [0.2, 0.25) is 0 Å². The van der Waals surface area contributed by atoms with Gasteiger partial charge < -0.3 is 4.57 Å². The maximum absolute atomic E-state index is 11.4. The Morgan fingerprint density at radius 2 is 1.75 bits per heavy atom. The molecule has 82 valence electrons.